The molecule has 6 nitrogen and oxygen atoms in total. The summed E-state index contributed by atoms with van der Waals surface area (Å²) < 4.78 is 0. The highest BCUT2D eigenvalue weighted by atomic mass is 16.7. The summed E-state index contributed by atoms with van der Waals surface area (Å²) in [5, 5.41) is 0. The van der Waals surface area contributed by atoms with E-state index in [0.717, 1.165) is 5.69 Å². The van der Waals surface area contributed by atoms with Gasteiger partial charge in [0.2, 0.25) is 0 Å². The Bertz CT molecular complexity index is 544. The summed E-state index contributed by atoms with van der Waals surface area (Å²) in [7, 11) is 0. The van der Waals surface area contributed by atoms with Gasteiger partial charge in [-0.1, -0.05) is 6.92 Å². The van der Waals surface area contributed by atoms with Gasteiger partial charge < -0.3 is 9.74 Å². The Morgan fingerprint density at radius 2 is 1.82 bits per heavy atom. The second-order valence-electron chi connectivity index (χ2n) is 5.23. The van der Waals surface area contributed by atoms with Gasteiger partial charge in [0, 0.05) is 43.6 Å². The average Bonchev–Trinajstić information content (AvgIpc) is 2.54. The zero-order chi connectivity index (χ0) is 15.9. The van der Waals surface area contributed by atoms with Crippen LogP contribution in [0.4, 0.5) is 5.69 Å². The molecule has 1 saturated heterocycles. The molecule has 1 aliphatic heterocycles. The smallest absolute Gasteiger partial charge is 0.332 e. The lowest BCUT2D eigenvalue weighted by molar-refractivity contribution is -0.149. The van der Waals surface area contributed by atoms with Crippen LogP contribution in [-0.2, 0) is 14.4 Å². The number of hydrogen-bond donors (Lipinski definition) is 1. The second-order valence-corrected chi connectivity index (χ2v) is 5.23. The van der Waals surface area contributed by atoms with Crippen molar-refractivity contribution in [3.63, 3.8) is 0 Å². The minimum absolute atomic E-state index is 0.271. The van der Waals surface area contributed by atoms with Crippen LogP contribution in [0, 0.1) is 0 Å². The number of benzene rings is 1. The molecule has 0 saturated carbocycles. The molecule has 0 aromatic heterocycles. The van der Waals surface area contributed by atoms with E-state index in [1.807, 2.05) is 19.1 Å². The zero-order valence-electron chi connectivity index (χ0n) is 12.6. The van der Waals surface area contributed by atoms with Crippen molar-refractivity contribution in [2.75, 3.05) is 18.0 Å². The van der Waals surface area contributed by atoms with E-state index in [4.69, 9.17) is 0 Å². The maximum atomic E-state index is 11.8. The number of hydroxylamine groups is 1. The van der Waals surface area contributed by atoms with Gasteiger partial charge in [-0.05, 0) is 30.7 Å². The number of nitrogens with one attached hydrogen (secondary N) is 1. The minimum Gasteiger partial charge on any atom is -0.371 e. The Kier molecular flexibility index (Phi) is 5.52. The Hall–Kier alpha value is -2.37. The fourth-order valence-electron chi connectivity index (χ4n) is 2.26. The molecular weight excluding hydrogens is 284 g/mol. The van der Waals surface area contributed by atoms with Crippen molar-refractivity contribution in [2.24, 2.45) is 0 Å². The van der Waals surface area contributed by atoms with E-state index in [-0.39, 0.29) is 6.42 Å². The van der Waals surface area contributed by atoms with Gasteiger partial charge >= 0.3 is 5.97 Å². The van der Waals surface area contributed by atoms with E-state index >= 15 is 0 Å². The number of nitrogens with zero attached hydrogens (tertiary/aromatic N) is 1. The van der Waals surface area contributed by atoms with Crippen molar-refractivity contribution in [2.45, 2.75) is 32.6 Å². The molecule has 0 aliphatic carbocycles. The van der Waals surface area contributed by atoms with Crippen molar-refractivity contribution in [3.05, 3.63) is 29.8 Å². The summed E-state index contributed by atoms with van der Waals surface area (Å²) >= 11 is 0. The molecule has 1 fully saturated rings. The Morgan fingerprint density at radius 1 is 1.18 bits per heavy atom. The number of piperidine rings is 1. The van der Waals surface area contributed by atoms with Gasteiger partial charge in [0.1, 0.15) is 5.78 Å². The average molecular weight is 304 g/mol. The number of Topliss-reactive ketones (excluding diaryl/α,β-unsaturated/α-hetero) is 1. The topological polar surface area (TPSA) is 75.7 Å². The van der Waals surface area contributed by atoms with E-state index in [1.165, 1.54) is 0 Å². The summed E-state index contributed by atoms with van der Waals surface area (Å²) in [6.45, 7) is 3.27. The first-order valence-corrected chi connectivity index (χ1v) is 7.47. The monoisotopic (exact) mass is 304 g/mol. The predicted octanol–water partition coefficient (Wildman–Crippen LogP) is 1.84. The van der Waals surface area contributed by atoms with Crippen LogP contribution in [0.5, 0.6) is 0 Å². The van der Waals surface area contributed by atoms with Crippen molar-refractivity contribution in [1.29, 1.82) is 0 Å². The minimum atomic E-state index is -0.454. The normalized spacial score (nSPS) is 14.6. The number of rotatable bonds is 4. The van der Waals surface area contributed by atoms with Gasteiger partial charge in [0.05, 0.1) is 0 Å². The lowest BCUT2D eigenvalue weighted by Gasteiger charge is -2.28. The molecule has 0 unspecified atom stereocenters. The van der Waals surface area contributed by atoms with Crippen LogP contribution in [-0.4, -0.2) is 30.7 Å². The molecule has 1 N–H and O–H groups in total. The first-order chi connectivity index (χ1) is 10.6. The summed E-state index contributed by atoms with van der Waals surface area (Å²) in [5.41, 5.74) is 3.54. The first-order valence-electron chi connectivity index (χ1n) is 7.47. The summed E-state index contributed by atoms with van der Waals surface area (Å²) in [6, 6.07) is 7.01. The number of amides is 1. The van der Waals surface area contributed by atoms with Crippen LogP contribution in [0.3, 0.4) is 0 Å². The Morgan fingerprint density at radius 3 is 2.41 bits per heavy atom. The molecule has 0 bridgehead atoms. The van der Waals surface area contributed by atoms with Crippen LogP contribution in [0.15, 0.2) is 24.3 Å². The maximum Gasteiger partial charge on any atom is 0.332 e. The molecule has 1 aromatic carbocycles. The fraction of sp³-hybridized carbons (Fsp3) is 0.438. The predicted molar refractivity (Wildman–Crippen MR) is 81.4 cm³/mol. The highest BCUT2D eigenvalue weighted by Crippen LogP contribution is 2.19. The van der Waals surface area contributed by atoms with Crippen molar-refractivity contribution in [3.8, 4) is 0 Å². The standard InChI is InChI=1S/C16H20N2O4/c1-2-3-15(20)22-17-16(21)12-4-6-13(7-5-12)18-10-8-14(19)9-11-18/h4-7H,2-3,8-11H2,1H3,(H,17,21). The fourth-order valence-corrected chi connectivity index (χ4v) is 2.26. The largest absolute Gasteiger partial charge is 0.371 e. The molecule has 1 aromatic rings. The lowest BCUT2D eigenvalue weighted by Crippen LogP contribution is -2.33. The van der Waals surface area contributed by atoms with Gasteiger partial charge in [0.15, 0.2) is 0 Å². The van der Waals surface area contributed by atoms with E-state index < -0.39 is 11.9 Å². The van der Waals surface area contributed by atoms with Gasteiger partial charge in [-0.15, -0.1) is 0 Å². The maximum absolute atomic E-state index is 11.8. The lowest BCUT2D eigenvalue weighted by atomic mass is 10.1. The molecule has 6 heteroatoms. The highest BCUT2D eigenvalue weighted by molar-refractivity contribution is 5.94. The number of hydrogen-bond acceptors (Lipinski definition) is 5. The van der Waals surface area contributed by atoms with Gasteiger partial charge in [-0.25, -0.2) is 4.79 Å². The molecule has 22 heavy (non-hydrogen) atoms. The number of carbonyl (C=O) groups is 3. The Labute approximate surface area is 129 Å². The van der Waals surface area contributed by atoms with E-state index in [1.54, 1.807) is 12.1 Å². The molecule has 2 rings (SSSR count). The SMILES string of the molecule is CCCC(=O)ONC(=O)c1ccc(N2CCC(=O)CC2)cc1. The van der Waals surface area contributed by atoms with E-state index in [0.29, 0.717) is 43.7 Å². The summed E-state index contributed by atoms with van der Waals surface area (Å²) in [6.07, 6.45) is 2.07. The molecule has 1 heterocycles. The summed E-state index contributed by atoms with van der Waals surface area (Å²) in [4.78, 5) is 41.1. The van der Waals surface area contributed by atoms with Crippen LogP contribution in [0.2, 0.25) is 0 Å². The van der Waals surface area contributed by atoms with E-state index in [9.17, 15) is 14.4 Å². The van der Waals surface area contributed by atoms with Gasteiger partial charge in [0.25, 0.3) is 5.91 Å². The molecule has 0 atom stereocenters. The first kappa shape index (κ1) is 16.0. The van der Waals surface area contributed by atoms with Crippen LogP contribution in [0.25, 0.3) is 0 Å². The second kappa shape index (κ2) is 7.59. The van der Waals surface area contributed by atoms with Crippen molar-refractivity contribution >= 4 is 23.3 Å². The number of ketones is 1. The van der Waals surface area contributed by atoms with E-state index in [2.05, 4.69) is 15.2 Å². The quantitative estimate of drug-likeness (QED) is 0.859. The third kappa shape index (κ3) is 4.31. The zero-order valence-corrected chi connectivity index (χ0v) is 12.6. The van der Waals surface area contributed by atoms with Crippen LogP contribution < -0.4 is 10.4 Å². The van der Waals surface area contributed by atoms with Crippen molar-refractivity contribution < 1.29 is 19.2 Å². The number of anilines is 1. The molecule has 0 spiro atoms. The van der Waals surface area contributed by atoms with Crippen LogP contribution in [0.1, 0.15) is 43.0 Å². The Balaban J connectivity index is 1.89. The molecule has 1 aliphatic rings. The summed E-state index contributed by atoms with van der Waals surface area (Å²) in [5.74, 6) is -0.614. The molecule has 0 radical (unpaired) electrons. The third-order valence-electron chi connectivity index (χ3n) is 3.53. The molecule has 1 amide bonds. The third-order valence-corrected chi connectivity index (χ3v) is 3.53. The number of carbonyl (C=O) groups excluding carboxylic acids is 3. The highest BCUT2D eigenvalue weighted by Gasteiger charge is 2.17. The van der Waals surface area contributed by atoms with Gasteiger partial charge in [-0.2, -0.15) is 5.48 Å². The van der Waals surface area contributed by atoms with Crippen molar-refractivity contribution in [1.82, 2.24) is 5.48 Å². The van der Waals surface area contributed by atoms with Crippen LogP contribution >= 0.6 is 0 Å². The molecule has 118 valence electrons. The molecular formula is C16H20N2O4. The van der Waals surface area contributed by atoms with Gasteiger partial charge in [-0.3, -0.25) is 9.59 Å².